The minimum Gasteiger partial charge on any atom is -0.327 e. The van der Waals surface area contributed by atoms with Crippen LogP contribution in [0.25, 0.3) is 0 Å². The molecule has 0 heterocycles. The third-order valence-corrected chi connectivity index (χ3v) is 2.80. The molecule has 1 heteroatoms. The molecule has 1 aromatic carbocycles. The molecule has 0 bridgehead atoms. The van der Waals surface area contributed by atoms with Gasteiger partial charge in [0.1, 0.15) is 0 Å². The lowest BCUT2D eigenvalue weighted by Crippen LogP contribution is -2.22. The highest BCUT2D eigenvalue weighted by molar-refractivity contribution is 5.22. The molecule has 2 atom stereocenters. The van der Waals surface area contributed by atoms with Gasteiger partial charge in [0.2, 0.25) is 0 Å². The van der Waals surface area contributed by atoms with Crippen LogP contribution in [0.15, 0.2) is 30.3 Å². The lowest BCUT2D eigenvalue weighted by Gasteiger charge is -2.14. The second-order valence-corrected chi connectivity index (χ2v) is 3.61. The molecule has 2 rings (SSSR count). The predicted octanol–water partition coefficient (Wildman–Crippen LogP) is 2.28. The maximum Gasteiger partial charge on any atom is 0.0108 e. The zero-order valence-corrected chi connectivity index (χ0v) is 7.24. The Hall–Kier alpha value is -0.820. The van der Waals surface area contributed by atoms with Gasteiger partial charge in [-0.05, 0) is 24.3 Å². The summed E-state index contributed by atoms with van der Waals surface area (Å²) in [5.74, 6) is 0.617. The van der Waals surface area contributed by atoms with Crippen LogP contribution in [-0.4, -0.2) is 6.04 Å². The standard InChI is InChI=1S/C11H15N/c12-11-8-4-7-10(11)9-5-2-1-3-6-9/h1-3,5-6,10-11H,4,7-8,12H2/t10-,11+/m0/s1. The summed E-state index contributed by atoms with van der Waals surface area (Å²) >= 11 is 0. The molecule has 0 aromatic heterocycles. The lowest BCUT2D eigenvalue weighted by molar-refractivity contribution is 0.613. The van der Waals surface area contributed by atoms with Gasteiger partial charge in [-0.1, -0.05) is 36.8 Å². The van der Waals surface area contributed by atoms with Gasteiger partial charge in [-0.25, -0.2) is 0 Å². The van der Waals surface area contributed by atoms with Crippen LogP contribution in [-0.2, 0) is 0 Å². The number of nitrogens with two attached hydrogens (primary N) is 1. The number of benzene rings is 1. The summed E-state index contributed by atoms with van der Waals surface area (Å²) in [5, 5.41) is 0. The fourth-order valence-corrected chi connectivity index (χ4v) is 2.10. The van der Waals surface area contributed by atoms with Gasteiger partial charge < -0.3 is 5.73 Å². The first-order valence-electron chi connectivity index (χ1n) is 4.68. The Kier molecular flexibility index (Phi) is 2.13. The molecule has 1 saturated carbocycles. The van der Waals surface area contributed by atoms with E-state index in [0.29, 0.717) is 12.0 Å². The average Bonchev–Trinajstić information content (AvgIpc) is 2.53. The van der Waals surface area contributed by atoms with Crippen LogP contribution >= 0.6 is 0 Å². The first-order chi connectivity index (χ1) is 5.88. The monoisotopic (exact) mass is 161 g/mol. The largest absolute Gasteiger partial charge is 0.327 e. The molecule has 1 fully saturated rings. The Morgan fingerprint density at radius 2 is 1.83 bits per heavy atom. The highest BCUT2D eigenvalue weighted by Crippen LogP contribution is 2.32. The Morgan fingerprint density at radius 3 is 2.42 bits per heavy atom. The second kappa shape index (κ2) is 3.28. The summed E-state index contributed by atoms with van der Waals surface area (Å²) in [6, 6.07) is 11.0. The summed E-state index contributed by atoms with van der Waals surface area (Å²) in [6.07, 6.45) is 3.76. The van der Waals surface area contributed by atoms with E-state index in [1.54, 1.807) is 0 Å². The normalized spacial score (nSPS) is 29.1. The molecule has 1 aliphatic rings. The van der Waals surface area contributed by atoms with E-state index in [1.807, 2.05) is 0 Å². The van der Waals surface area contributed by atoms with Gasteiger partial charge in [-0.15, -0.1) is 0 Å². The highest BCUT2D eigenvalue weighted by Gasteiger charge is 2.24. The molecule has 0 unspecified atom stereocenters. The quantitative estimate of drug-likeness (QED) is 0.672. The Morgan fingerprint density at radius 1 is 1.08 bits per heavy atom. The van der Waals surface area contributed by atoms with Crippen molar-refractivity contribution in [3.8, 4) is 0 Å². The molecule has 0 radical (unpaired) electrons. The average molecular weight is 161 g/mol. The molecule has 1 aromatic rings. The first-order valence-corrected chi connectivity index (χ1v) is 4.68. The molecule has 1 aliphatic carbocycles. The zero-order valence-electron chi connectivity index (χ0n) is 7.24. The zero-order chi connectivity index (χ0) is 8.39. The molecule has 2 N–H and O–H groups in total. The maximum absolute atomic E-state index is 6.01. The van der Waals surface area contributed by atoms with E-state index in [9.17, 15) is 0 Å². The summed E-state index contributed by atoms with van der Waals surface area (Å²) in [5.41, 5.74) is 7.43. The highest BCUT2D eigenvalue weighted by atomic mass is 14.7. The van der Waals surface area contributed by atoms with Gasteiger partial charge in [0.05, 0.1) is 0 Å². The molecule has 0 spiro atoms. The molecule has 0 amide bonds. The van der Waals surface area contributed by atoms with E-state index in [1.165, 1.54) is 24.8 Å². The van der Waals surface area contributed by atoms with E-state index in [4.69, 9.17) is 5.73 Å². The molecule has 12 heavy (non-hydrogen) atoms. The summed E-state index contributed by atoms with van der Waals surface area (Å²) in [4.78, 5) is 0. The Labute approximate surface area is 73.6 Å². The minimum atomic E-state index is 0.396. The number of rotatable bonds is 1. The van der Waals surface area contributed by atoms with E-state index in [0.717, 1.165) is 0 Å². The van der Waals surface area contributed by atoms with Crippen molar-refractivity contribution in [2.45, 2.75) is 31.2 Å². The van der Waals surface area contributed by atoms with Gasteiger partial charge >= 0.3 is 0 Å². The van der Waals surface area contributed by atoms with Crippen LogP contribution < -0.4 is 5.73 Å². The molecule has 0 aliphatic heterocycles. The van der Waals surface area contributed by atoms with Crippen LogP contribution in [0.2, 0.25) is 0 Å². The Bertz CT molecular complexity index is 242. The van der Waals surface area contributed by atoms with Crippen molar-refractivity contribution in [2.24, 2.45) is 5.73 Å². The van der Waals surface area contributed by atoms with E-state index in [-0.39, 0.29) is 0 Å². The van der Waals surface area contributed by atoms with Gasteiger partial charge in [0.25, 0.3) is 0 Å². The van der Waals surface area contributed by atoms with Crippen molar-refractivity contribution < 1.29 is 0 Å². The van der Waals surface area contributed by atoms with Crippen LogP contribution in [0.3, 0.4) is 0 Å². The minimum absolute atomic E-state index is 0.396. The molecule has 1 nitrogen and oxygen atoms in total. The lowest BCUT2D eigenvalue weighted by atomic mass is 9.95. The van der Waals surface area contributed by atoms with Crippen molar-refractivity contribution >= 4 is 0 Å². The first kappa shape index (κ1) is 7.81. The van der Waals surface area contributed by atoms with E-state index >= 15 is 0 Å². The second-order valence-electron chi connectivity index (χ2n) is 3.61. The van der Waals surface area contributed by atoms with Crippen LogP contribution in [0.4, 0.5) is 0 Å². The summed E-state index contributed by atoms with van der Waals surface area (Å²) < 4.78 is 0. The van der Waals surface area contributed by atoms with E-state index < -0.39 is 0 Å². The molecule has 64 valence electrons. The summed E-state index contributed by atoms with van der Waals surface area (Å²) in [6.45, 7) is 0. The molecular weight excluding hydrogens is 146 g/mol. The van der Waals surface area contributed by atoms with Crippen LogP contribution in [0.1, 0.15) is 30.7 Å². The number of hydrogen-bond donors (Lipinski definition) is 1. The van der Waals surface area contributed by atoms with Crippen molar-refractivity contribution in [3.63, 3.8) is 0 Å². The third-order valence-electron chi connectivity index (χ3n) is 2.80. The third kappa shape index (κ3) is 1.37. The van der Waals surface area contributed by atoms with Crippen molar-refractivity contribution in [2.75, 3.05) is 0 Å². The molecular formula is C11H15N. The van der Waals surface area contributed by atoms with Gasteiger partial charge in [0, 0.05) is 6.04 Å². The van der Waals surface area contributed by atoms with Gasteiger partial charge in [-0.3, -0.25) is 0 Å². The predicted molar refractivity (Wildman–Crippen MR) is 51.0 cm³/mol. The van der Waals surface area contributed by atoms with Crippen LogP contribution in [0, 0.1) is 0 Å². The molecule has 0 saturated heterocycles. The number of hydrogen-bond acceptors (Lipinski definition) is 1. The maximum atomic E-state index is 6.01. The smallest absolute Gasteiger partial charge is 0.0108 e. The fraction of sp³-hybridized carbons (Fsp3) is 0.455. The van der Waals surface area contributed by atoms with Crippen LogP contribution in [0.5, 0.6) is 0 Å². The Balaban J connectivity index is 2.19. The van der Waals surface area contributed by atoms with Crippen molar-refractivity contribution in [1.82, 2.24) is 0 Å². The topological polar surface area (TPSA) is 26.0 Å². The van der Waals surface area contributed by atoms with Gasteiger partial charge in [0.15, 0.2) is 0 Å². The fourth-order valence-electron chi connectivity index (χ4n) is 2.10. The SMILES string of the molecule is N[C@@H]1CCC[C@H]1c1ccccc1. The van der Waals surface area contributed by atoms with Crippen molar-refractivity contribution in [1.29, 1.82) is 0 Å². The van der Waals surface area contributed by atoms with E-state index in [2.05, 4.69) is 30.3 Å². The van der Waals surface area contributed by atoms with Gasteiger partial charge in [-0.2, -0.15) is 0 Å². The van der Waals surface area contributed by atoms with Crippen molar-refractivity contribution in [3.05, 3.63) is 35.9 Å². The summed E-state index contributed by atoms with van der Waals surface area (Å²) in [7, 11) is 0.